The SMILES string of the molecule is CCCCC/C=C\C/C=C\CCCCCCCCCCCC(=O)OCCCCCCCCCCCCCCCCCCCCC(=O)NC(CO)C(O)/C=C/CCCCCCCCCCCCCCCCCCCCCC. The summed E-state index contributed by atoms with van der Waals surface area (Å²) in [6.45, 7) is 4.90. The van der Waals surface area contributed by atoms with Gasteiger partial charge in [0.2, 0.25) is 5.91 Å². The predicted octanol–water partition coefficient (Wildman–Crippen LogP) is 21.9. The van der Waals surface area contributed by atoms with Crippen molar-refractivity contribution in [3.05, 3.63) is 36.5 Å². The van der Waals surface area contributed by atoms with E-state index in [-0.39, 0.29) is 18.5 Å². The third kappa shape index (κ3) is 61.3. The summed E-state index contributed by atoms with van der Waals surface area (Å²) in [6, 6.07) is -0.633. The highest BCUT2D eigenvalue weighted by atomic mass is 16.5. The number of rotatable bonds is 64. The highest BCUT2D eigenvalue weighted by molar-refractivity contribution is 5.76. The Morgan fingerprint density at radius 3 is 1.03 bits per heavy atom. The van der Waals surface area contributed by atoms with E-state index in [1.165, 1.54) is 295 Å². The average molecular weight is 1070 g/mol. The van der Waals surface area contributed by atoms with Gasteiger partial charge >= 0.3 is 5.97 Å². The van der Waals surface area contributed by atoms with E-state index in [1.807, 2.05) is 6.08 Å². The highest BCUT2D eigenvalue weighted by Gasteiger charge is 2.18. The fourth-order valence-electron chi connectivity index (χ4n) is 10.7. The van der Waals surface area contributed by atoms with Gasteiger partial charge in [0, 0.05) is 12.8 Å². The van der Waals surface area contributed by atoms with Gasteiger partial charge in [-0.2, -0.15) is 0 Å². The van der Waals surface area contributed by atoms with Crippen molar-refractivity contribution in [3.63, 3.8) is 0 Å². The van der Waals surface area contributed by atoms with Crippen molar-refractivity contribution in [1.82, 2.24) is 5.32 Å². The summed E-state index contributed by atoms with van der Waals surface area (Å²) in [7, 11) is 0. The summed E-state index contributed by atoms with van der Waals surface area (Å²) in [5, 5.41) is 23.2. The Morgan fingerprint density at radius 1 is 0.368 bits per heavy atom. The molecule has 2 unspecified atom stereocenters. The minimum absolute atomic E-state index is 0.00342. The van der Waals surface area contributed by atoms with Crippen LogP contribution >= 0.6 is 0 Å². The first-order chi connectivity index (χ1) is 37.5. The maximum absolute atomic E-state index is 12.5. The molecule has 76 heavy (non-hydrogen) atoms. The predicted molar refractivity (Wildman–Crippen MR) is 333 cm³/mol. The second-order valence-electron chi connectivity index (χ2n) is 23.5. The molecular weight excluding hydrogens is 935 g/mol. The van der Waals surface area contributed by atoms with Gasteiger partial charge in [-0.15, -0.1) is 0 Å². The summed E-state index contributed by atoms with van der Waals surface area (Å²) in [4.78, 5) is 24.6. The van der Waals surface area contributed by atoms with E-state index in [1.54, 1.807) is 6.08 Å². The topological polar surface area (TPSA) is 95.9 Å². The number of esters is 1. The van der Waals surface area contributed by atoms with E-state index in [4.69, 9.17) is 4.74 Å². The number of hydrogen-bond acceptors (Lipinski definition) is 5. The van der Waals surface area contributed by atoms with Gasteiger partial charge in [0.15, 0.2) is 0 Å². The molecule has 0 saturated carbocycles. The first kappa shape index (κ1) is 74.1. The molecule has 0 aromatic rings. The van der Waals surface area contributed by atoms with E-state index >= 15 is 0 Å². The largest absolute Gasteiger partial charge is 0.466 e. The maximum atomic E-state index is 12.5. The minimum Gasteiger partial charge on any atom is -0.466 e. The van der Waals surface area contributed by atoms with E-state index in [2.05, 4.69) is 43.5 Å². The zero-order chi connectivity index (χ0) is 55.0. The quantitative estimate of drug-likeness (QED) is 0.0320. The van der Waals surface area contributed by atoms with Crippen molar-refractivity contribution in [2.75, 3.05) is 13.2 Å². The number of carbonyl (C=O) groups excluding carboxylic acids is 2. The van der Waals surface area contributed by atoms with Crippen molar-refractivity contribution in [2.45, 2.75) is 386 Å². The monoisotopic (exact) mass is 1070 g/mol. The van der Waals surface area contributed by atoms with Gasteiger partial charge < -0.3 is 20.3 Å². The number of carbonyl (C=O) groups is 2. The summed E-state index contributed by atoms with van der Waals surface area (Å²) in [5.74, 6) is -0.0651. The number of unbranched alkanes of at least 4 members (excludes halogenated alkanes) is 49. The van der Waals surface area contributed by atoms with Crippen LogP contribution in [-0.2, 0) is 14.3 Å². The van der Waals surface area contributed by atoms with Gasteiger partial charge in [-0.3, -0.25) is 9.59 Å². The molecule has 0 radical (unpaired) electrons. The van der Waals surface area contributed by atoms with Crippen LogP contribution in [0.5, 0.6) is 0 Å². The van der Waals surface area contributed by atoms with Gasteiger partial charge in [-0.1, -0.05) is 333 Å². The lowest BCUT2D eigenvalue weighted by Gasteiger charge is -2.20. The Morgan fingerprint density at radius 2 is 0.658 bits per heavy atom. The Balaban J connectivity index is 3.43. The van der Waals surface area contributed by atoms with E-state index in [0.29, 0.717) is 19.4 Å². The second-order valence-corrected chi connectivity index (χ2v) is 23.5. The first-order valence-electron chi connectivity index (χ1n) is 34.3. The van der Waals surface area contributed by atoms with Gasteiger partial charge in [0.25, 0.3) is 0 Å². The molecule has 6 nitrogen and oxygen atoms in total. The summed E-state index contributed by atoms with van der Waals surface area (Å²) in [6.07, 6.45) is 83.4. The lowest BCUT2D eigenvalue weighted by molar-refractivity contribution is -0.143. The van der Waals surface area contributed by atoms with Crippen LogP contribution in [0, 0.1) is 0 Å². The van der Waals surface area contributed by atoms with Gasteiger partial charge in [-0.05, 0) is 64.2 Å². The van der Waals surface area contributed by atoms with E-state index in [0.717, 1.165) is 51.4 Å². The molecule has 1 amide bonds. The Kier molecular flexibility index (Phi) is 63.9. The van der Waals surface area contributed by atoms with Crippen LogP contribution in [0.15, 0.2) is 36.5 Å². The number of amides is 1. The molecule has 0 heterocycles. The van der Waals surface area contributed by atoms with Crippen LogP contribution < -0.4 is 5.32 Å². The van der Waals surface area contributed by atoms with Crippen LogP contribution in [0.2, 0.25) is 0 Å². The molecule has 0 aliphatic rings. The molecule has 6 heteroatoms. The average Bonchev–Trinajstić information content (AvgIpc) is 3.42. The van der Waals surface area contributed by atoms with Crippen molar-refractivity contribution < 1.29 is 24.5 Å². The number of aliphatic hydroxyl groups is 2. The van der Waals surface area contributed by atoms with Crippen molar-refractivity contribution in [1.29, 1.82) is 0 Å². The van der Waals surface area contributed by atoms with Crippen LogP contribution in [0.3, 0.4) is 0 Å². The molecule has 3 N–H and O–H groups in total. The van der Waals surface area contributed by atoms with Gasteiger partial charge in [0.1, 0.15) is 0 Å². The number of hydrogen-bond donors (Lipinski definition) is 3. The minimum atomic E-state index is -0.849. The lowest BCUT2D eigenvalue weighted by Crippen LogP contribution is -2.45. The van der Waals surface area contributed by atoms with E-state index in [9.17, 15) is 19.8 Å². The van der Waals surface area contributed by atoms with Crippen molar-refractivity contribution >= 4 is 11.9 Å². The van der Waals surface area contributed by atoms with Crippen LogP contribution in [-0.4, -0.2) is 47.4 Å². The molecule has 0 bridgehead atoms. The molecule has 0 aromatic heterocycles. The summed E-state index contributed by atoms with van der Waals surface area (Å²) in [5.41, 5.74) is 0. The third-order valence-electron chi connectivity index (χ3n) is 15.9. The first-order valence-corrected chi connectivity index (χ1v) is 34.3. The summed E-state index contributed by atoms with van der Waals surface area (Å²) < 4.78 is 5.50. The standard InChI is InChI=1S/C70H133NO5/c1-3-5-7-9-11-13-15-17-19-21-23-24-25-27-30-34-38-42-46-50-54-58-62-68(73)67(66-72)71-69(74)63-59-55-51-47-43-39-35-31-28-29-33-37-41-45-49-53-57-61-65-76-70(75)64-60-56-52-48-44-40-36-32-26-22-20-18-16-14-12-10-8-6-4-2/h12,14,18,20,58,62,67-68,72-73H,3-11,13,15-17,19,21-57,59-61,63-66H2,1-2H3,(H,71,74)/b14-12-,20-18-,62-58+. The fraction of sp³-hybridized carbons (Fsp3) is 0.886. The molecule has 0 aliphatic carbocycles. The normalized spacial score (nSPS) is 12.7. The molecular formula is C70H133NO5. The smallest absolute Gasteiger partial charge is 0.305 e. The fourth-order valence-corrected chi connectivity index (χ4v) is 10.7. The second kappa shape index (κ2) is 65.6. The van der Waals surface area contributed by atoms with Gasteiger partial charge in [-0.25, -0.2) is 0 Å². The number of nitrogens with one attached hydrogen (secondary N) is 1. The molecule has 0 rings (SSSR count). The van der Waals surface area contributed by atoms with Crippen molar-refractivity contribution in [3.8, 4) is 0 Å². The van der Waals surface area contributed by atoms with Gasteiger partial charge in [0.05, 0.1) is 25.4 Å². The third-order valence-corrected chi connectivity index (χ3v) is 15.9. The maximum Gasteiger partial charge on any atom is 0.305 e. The highest BCUT2D eigenvalue weighted by Crippen LogP contribution is 2.18. The Bertz CT molecular complexity index is 1230. The molecule has 0 saturated heterocycles. The summed E-state index contributed by atoms with van der Waals surface area (Å²) >= 11 is 0. The number of ether oxygens (including phenoxy) is 1. The number of aliphatic hydroxyl groups excluding tert-OH is 2. The Labute approximate surface area is 474 Å². The zero-order valence-corrected chi connectivity index (χ0v) is 51.3. The molecule has 0 fully saturated rings. The van der Waals surface area contributed by atoms with Crippen LogP contribution in [0.4, 0.5) is 0 Å². The van der Waals surface area contributed by atoms with E-state index < -0.39 is 12.1 Å². The van der Waals surface area contributed by atoms with Crippen LogP contribution in [0.25, 0.3) is 0 Å². The number of allylic oxidation sites excluding steroid dienone is 5. The molecule has 0 spiro atoms. The Hall–Kier alpha value is -1.92. The molecule has 0 aromatic carbocycles. The molecule has 0 aliphatic heterocycles. The lowest BCUT2D eigenvalue weighted by atomic mass is 10.0. The van der Waals surface area contributed by atoms with Crippen LogP contribution in [0.1, 0.15) is 373 Å². The zero-order valence-electron chi connectivity index (χ0n) is 51.3. The molecule has 2 atom stereocenters. The molecule has 448 valence electrons. The van der Waals surface area contributed by atoms with Crippen molar-refractivity contribution in [2.24, 2.45) is 0 Å².